The second kappa shape index (κ2) is 7.81. The van der Waals surface area contributed by atoms with Crippen LogP contribution < -0.4 is 10.2 Å². The van der Waals surface area contributed by atoms with Gasteiger partial charge in [0.05, 0.1) is 5.92 Å². The van der Waals surface area contributed by atoms with Gasteiger partial charge in [-0.15, -0.1) is 0 Å². The highest BCUT2D eigenvalue weighted by Gasteiger charge is 2.35. The van der Waals surface area contributed by atoms with Crippen molar-refractivity contribution in [1.82, 2.24) is 5.32 Å². The molecule has 1 N–H and O–H groups in total. The molecule has 142 valence electrons. The second-order valence-electron chi connectivity index (χ2n) is 8.90. The zero-order valence-electron chi connectivity index (χ0n) is 16.4. The third kappa shape index (κ3) is 4.46. The van der Waals surface area contributed by atoms with Gasteiger partial charge in [0.15, 0.2) is 0 Å². The summed E-state index contributed by atoms with van der Waals surface area (Å²) in [6, 6.07) is 8.47. The van der Waals surface area contributed by atoms with E-state index in [1.807, 2.05) is 12.1 Å². The highest BCUT2D eigenvalue weighted by molar-refractivity contribution is 6.00. The molecule has 0 spiro atoms. The maximum Gasteiger partial charge on any atom is 0.227 e. The van der Waals surface area contributed by atoms with Crippen molar-refractivity contribution >= 4 is 17.5 Å². The number of rotatable bonds is 3. The van der Waals surface area contributed by atoms with Crippen LogP contribution in [0.15, 0.2) is 24.3 Å². The van der Waals surface area contributed by atoms with E-state index in [9.17, 15) is 9.59 Å². The molecule has 2 aliphatic rings. The van der Waals surface area contributed by atoms with Crippen LogP contribution in [0.4, 0.5) is 5.69 Å². The Morgan fingerprint density at radius 3 is 2.23 bits per heavy atom. The molecular formula is C22H32N2O2. The lowest BCUT2D eigenvalue weighted by Gasteiger charge is -2.22. The first-order valence-corrected chi connectivity index (χ1v) is 10.1. The molecular weight excluding hydrogens is 324 g/mol. The van der Waals surface area contributed by atoms with E-state index in [2.05, 4.69) is 38.2 Å². The summed E-state index contributed by atoms with van der Waals surface area (Å²) in [7, 11) is 0. The van der Waals surface area contributed by atoms with Gasteiger partial charge in [0.1, 0.15) is 0 Å². The topological polar surface area (TPSA) is 49.4 Å². The van der Waals surface area contributed by atoms with Crippen LogP contribution in [0.2, 0.25) is 0 Å². The Bertz CT molecular complexity index is 637. The summed E-state index contributed by atoms with van der Waals surface area (Å²) in [5, 5.41) is 3.20. The van der Waals surface area contributed by atoms with Crippen LogP contribution in [0.25, 0.3) is 0 Å². The average Bonchev–Trinajstić information content (AvgIpc) is 2.80. The number of anilines is 1. The van der Waals surface area contributed by atoms with Gasteiger partial charge in [-0.3, -0.25) is 9.59 Å². The van der Waals surface area contributed by atoms with Gasteiger partial charge in [0.25, 0.3) is 0 Å². The summed E-state index contributed by atoms with van der Waals surface area (Å²) in [4.78, 5) is 26.9. The van der Waals surface area contributed by atoms with Gasteiger partial charge in [-0.25, -0.2) is 0 Å². The first-order chi connectivity index (χ1) is 12.3. The maximum atomic E-state index is 12.6. The van der Waals surface area contributed by atoms with E-state index < -0.39 is 0 Å². The Hall–Kier alpha value is -1.84. The van der Waals surface area contributed by atoms with Gasteiger partial charge in [-0.2, -0.15) is 0 Å². The van der Waals surface area contributed by atoms with Crippen molar-refractivity contribution in [3.63, 3.8) is 0 Å². The van der Waals surface area contributed by atoms with Gasteiger partial charge >= 0.3 is 0 Å². The normalized spacial score (nSPS) is 22.3. The minimum Gasteiger partial charge on any atom is -0.353 e. The molecule has 1 aromatic rings. The molecule has 0 bridgehead atoms. The van der Waals surface area contributed by atoms with E-state index in [0.29, 0.717) is 19.0 Å². The SMILES string of the molecule is CC(C)(C)c1ccc(N2CC(C(=O)NC3CCCCCC3)CC2=O)cc1. The predicted octanol–water partition coefficient (Wildman–Crippen LogP) is 4.18. The number of carbonyl (C=O) groups excluding carboxylic acids is 2. The molecule has 1 aliphatic carbocycles. The number of amides is 2. The van der Waals surface area contributed by atoms with Crippen molar-refractivity contribution in [2.24, 2.45) is 5.92 Å². The highest BCUT2D eigenvalue weighted by atomic mass is 16.2. The fourth-order valence-electron chi connectivity index (χ4n) is 4.02. The Balaban J connectivity index is 1.61. The molecule has 4 heteroatoms. The lowest BCUT2D eigenvalue weighted by molar-refractivity contribution is -0.127. The van der Waals surface area contributed by atoms with Crippen LogP contribution in [0.5, 0.6) is 0 Å². The van der Waals surface area contributed by atoms with Crippen molar-refractivity contribution in [1.29, 1.82) is 0 Å². The molecule has 1 aromatic carbocycles. The largest absolute Gasteiger partial charge is 0.353 e. The Kier molecular flexibility index (Phi) is 5.69. The van der Waals surface area contributed by atoms with Gasteiger partial charge in [0, 0.05) is 24.7 Å². The summed E-state index contributed by atoms with van der Waals surface area (Å²) in [5.74, 6) is -0.123. The van der Waals surface area contributed by atoms with Crippen molar-refractivity contribution in [3.05, 3.63) is 29.8 Å². The molecule has 0 radical (unpaired) electrons. The zero-order chi connectivity index (χ0) is 18.7. The van der Waals surface area contributed by atoms with E-state index in [0.717, 1.165) is 18.5 Å². The molecule has 1 saturated heterocycles. The van der Waals surface area contributed by atoms with E-state index >= 15 is 0 Å². The van der Waals surface area contributed by atoms with Crippen LogP contribution in [-0.4, -0.2) is 24.4 Å². The molecule has 2 fully saturated rings. The van der Waals surface area contributed by atoms with Crippen molar-refractivity contribution in [3.8, 4) is 0 Å². The first-order valence-electron chi connectivity index (χ1n) is 10.1. The lowest BCUT2D eigenvalue weighted by Crippen LogP contribution is -2.39. The summed E-state index contributed by atoms with van der Waals surface area (Å²) < 4.78 is 0. The average molecular weight is 357 g/mol. The summed E-state index contributed by atoms with van der Waals surface area (Å²) in [6.45, 7) is 7.02. The molecule has 1 aliphatic heterocycles. The molecule has 1 saturated carbocycles. The number of benzene rings is 1. The van der Waals surface area contributed by atoms with Crippen LogP contribution in [0.3, 0.4) is 0 Å². The van der Waals surface area contributed by atoms with E-state index in [1.165, 1.54) is 31.2 Å². The van der Waals surface area contributed by atoms with Crippen LogP contribution >= 0.6 is 0 Å². The quantitative estimate of drug-likeness (QED) is 0.826. The fourth-order valence-corrected chi connectivity index (χ4v) is 4.02. The Morgan fingerprint density at radius 1 is 1.04 bits per heavy atom. The number of nitrogens with one attached hydrogen (secondary N) is 1. The standard InChI is InChI=1S/C22H32N2O2/c1-22(2,3)17-10-12-19(13-11-17)24-15-16(14-20(24)25)21(26)23-18-8-6-4-5-7-9-18/h10-13,16,18H,4-9,14-15H2,1-3H3,(H,23,26). The Labute approximate surface area is 157 Å². The van der Waals surface area contributed by atoms with Crippen LogP contribution in [0.1, 0.15) is 71.3 Å². The van der Waals surface area contributed by atoms with Crippen LogP contribution in [-0.2, 0) is 15.0 Å². The number of hydrogen-bond acceptors (Lipinski definition) is 2. The minimum absolute atomic E-state index is 0.0505. The van der Waals surface area contributed by atoms with Crippen molar-refractivity contribution in [2.75, 3.05) is 11.4 Å². The monoisotopic (exact) mass is 356 g/mol. The summed E-state index contributed by atoms with van der Waals surface area (Å²) in [5.41, 5.74) is 2.23. The third-order valence-electron chi connectivity index (χ3n) is 5.74. The smallest absolute Gasteiger partial charge is 0.227 e. The van der Waals surface area contributed by atoms with Gasteiger partial charge in [-0.1, -0.05) is 58.6 Å². The fraction of sp³-hybridized carbons (Fsp3) is 0.636. The molecule has 1 heterocycles. The molecule has 4 nitrogen and oxygen atoms in total. The van der Waals surface area contributed by atoms with Gasteiger partial charge in [-0.05, 0) is 36.0 Å². The van der Waals surface area contributed by atoms with Crippen LogP contribution in [0, 0.1) is 5.92 Å². The highest BCUT2D eigenvalue weighted by Crippen LogP contribution is 2.29. The van der Waals surface area contributed by atoms with Crippen molar-refractivity contribution < 1.29 is 9.59 Å². The van der Waals surface area contributed by atoms with Gasteiger partial charge < -0.3 is 10.2 Å². The van der Waals surface area contributed by atoms with Gasteiger partial charge in [0.2, 0.25) is 11.8 Å². The predicted molar refractivity (Wildman–Crippen MR) is 105 cm³/mol. The number of carbonyl (C=O) groups is 2. The molecule has 1 atom stereocenters. The second-order valence-corrected chi connectivity index (χ2v) is 8.90. The molecule has 3 rings (SSSR count). The summed E-state index contributed by atoms with van der Waals surface area (Å²) >= 11 is 0. The van der Waals surface area contributed by atoms with E-state index in [4.69, 9.17) is 0 Å². The maximum absolute atomic E-state index is 12.6. The van der Waals surface area contributed by atoms with Crippen molar-refractivity contribution in [2.45, 2.75) is 77.2 Å². The Morgan fingerprint density at radius 2 is 1.65 bits per heavy atom. The zero-order valence-corrected chi connectivity index (χ0v) is 16.4. The van der Waals surface area contributed by atoms with E-state index in [1.54, 1.807) is 4.90 Å². The molecule has 1 unspecified atom stereocenters. The molecule has 0 aromatic heterocycles. The number of nitrogens with zero attached hydrogens (tertiary/aromatic N) is 1. The first kappa shape index (κ1) is 18.9. The summed E-state index contributed by atoms with van der Waals surface area (Å²) in [6.07, 6.45) is 7.40. The molecule has 26 heavy (non-hydrogen) atoms. The lowest BCUT2D eigenvalue weighted by atomic mass is 9.87. The number of hydrogen-bond donors (Lipinski definition) is 1. The third-order valence-corrected chi connectivity index (χ3v) is 5.74. The molecule has 2 amide bonds. The minimum atomic E-state index is -0.229. The van der Waals surface area contributed by atoms with E-state index in [-0.39, 0.29) is 23.1 Å².